The van der Waals surface area contributed by atoms with E-state index >= 15 is 0 Å². The van der Waals surface area contributed by atoms with E-state index in [0.717, 1.165) is 5.56 Å². The molecule has 3 aromatic rings. The van der Waals surface area contributed by atoms with Crippen LogP contribution in [-0.4, -0.2) is 28.3 Å². The van der Waals surface area contributed by atoms with Crippen molar-refractivity contribution in [1.82, 2.24) is 10.3 Å². The predicted molar refractivity (Wildman–Crippen MR) is 96.5 cm³/mol. The minimum Gasteiger partial charge on any atom is -0.441 e. The summed E-state index contributed by atoms with van der Waals surface area (Å²) in [6, 6.07) is 14.2. The molecule has 25 heavy (non-hydrogen) atoms. The molecule has 0 aliphatic heterocycles. The van der Waals surface area contributed by atoms with Gasteiger partial charge in [0.2, 0.25) is 0 Å². The molecule has 2 unspecified atom stereocenters. The van der Waals surface area contributed by atoms with Crippen molar-refractivity contribution in [2.75, 3.05) is 5.32 Å². The highest BCUT2D eigenvalue weighted by Gasteiger charge is 2.17. The maximum Gasteiger partial charge on any atom is 0.319 e. The Labute approximate surface area is 145 Å². The normalized spacial score (nSPS) is 13.4. The summed E-state index contributed by atoms with van der Waals surface area (Å²) in [6.07, 6.45) is -0.194. The van der Waals surface area contributed by atoms with Crippen molar-refractivity contribution >= 4 is 22.8 Å². The van der Waals surface area contributed by atoms with Crippen molar-refractivity contribution < 1.29 is 14.3 Å². The van der Waals surface area contributed by atoms with Crippen LogP contribution in [0.3, 0.4) is 0 Å². The lowest BCUT2D eigenvalue weighted by molar-refractivity contribution is 0.137. The number of anilines is 1. The molecule has 130 valence electrons. The third kappa shape index (κ3) is 4.36. The maximum absolute atomic E-state index is 12.1. The fourth-order valence-corrected chi connectivity index (χ4v) is 2.62. The smallest absolute Gasteiger partial charge is 0.319 e. The lowest BCUT2D eigenvalue weighted by atomic mass is 10.0. The van der Waals surface area contributed by atoms with Gasteiger partial charge in [0, 0.05) is 19.0 Å². The van der Waals surface area contributed by atoms with Crippen molar-refractivity contribution in [2.24, 2.45) is 0 Å². The van der Waals surface area contributed by atoms with Crippen LogP contribution in [0.4, 0.5) is 10.5 Å². The van der Waals surface area contributed by atoms with Crippen molar-refractivity contribution in [3.63, 3.8) is 0 Å². The summed E-state index contributed by atoms with van der Waals surface area (Å²) in [7, 11) is 0. The molecule has 3 rings (SSSR count). The van der Waals surface area contributed by atoms with Crippen molar-refractivity contribution in [3.8, 4) is 0 Å². The number of hydrogen-bond donors (Lipinski definition) is 3. The monoisotopic (exact) mass is 339 g/mol. The first-order chi connectivity index (χ1) is 12.0. The van der Waals surface area contributed by atoms with Gasteiger partial charge >= 0.3 is 6.03 Å². The average Bonchev–Trinajstić information content (AvgIpc) is 2.95. The first-order valence-electron chi connectivity index (χ1n) is 8.18. The minimum absolute atomic E-state index is 0.376. The molecule has 0 bridgehead atoms. The van der Waals surface area contributed by atoms with Gasteiger partial charge in [-0.1, -0.05) is 30.3 Å². The maximum atomic E-state index is 12.1. The molecular weight excluding hydrogens is 318 g/mol. The molecule has 2 amide bonds. The molecule has 0 radical (unpaired) electrons. The predicted octanol–water partition coefficient (Wildman–Crippen LogP) is 3.25. The lowest BCUT2D eigenvalue weighted by Crippen LogP contribution is -2.44. The fraction of sp³-hybridized carbons (Fsp3) is 0.263. The molecule has 6 heteroatoms. The molecular formula is C19H21N3O3. The Balaban J connectivity index is 1.57. The molecule has 1 aromatic heterocycles. The summed E-state index contributed by atoms with van der Waals surface area (Å²) in [5.41, 5.74) is 3.00. The van der Waals surface area contributed by atoms with Crippen molar-refractivity contribution in [1.29, 1.82) is 0 Å². The summed E-state index contributed by atoms with van der Waals surface area (Å²) in [6.45, 7) is 3.55. The number of urea groups is 1. The largest absolute Gasteiger partial charge is 0.441 e. The third-order valence-corrected chi connectivity index (χ3v) is 3.98. The van der Waals surface area contributed by atoms with Crippen LogP contribution in [0.15, 0.2) is 52.9 Å². The standard InChI is InChI=1S/C19H21N3O3/c1-12(17(23)10-14-6-4-3-5-7-14)20-19(24)22-15-8-9-18-16(11-15)21-13(2)25-18/h3-9,11-12,17,23H,10H2,1-2H3,(H2,20,22,24). The van der Waals surface area contributed by atoms with Gasteiger partial charge in [0.25, 0.3) is 0 Å². The number of hydrogen-bond acceptors (Lipinski definition) is 4. The summed E-state index contributed by atoms with van der Waals surface area (Å²) in [5, 5.41) is 15.8. The van der Waals surface area contributed by atoms with E-state index in [-0.39, 0.29) is 6.03 Å². The van der Waals surface area contributed by atoms with Gasteiger partial charge in [0.05, 0.1) is 12.1 Å². The number of carbonyl (C=O) groups is 1. The van der Waals surface area contributed by atoms with Gasteiger partial charge in [0.15, 0.2) is 11.5 Å². The van der Waals surface area contributed by atoms with Gasteiger partial charge in [-0.3, -0.25) is 0 Å². The average molecular weight is 339 g/mol. The van der Waals surface area contributed by atoms with Crippen LogP contribution in [0, 0.1) is 6.92 Å². The molecule has 0 saturated heterocycles. The summed E-state index contributed by atoms with van der Waals surface area (Å²) >= 11 is 0. The van der Waals surface area contributed by atoms with Gasteiger partial charge in [-0.25, -0.2) is 9.78 Å². The number of aliphatic hydroxyl groups is 1. The van der Waals surface area contributed by atoms with E-state index in [2.05, 4.69) is 15.6 Å². The number of rotatable bonds is 5. The number of aromatic nitrogens is 1. The molecule has 2 atom stereocenters. The molecule has 0 saturated carbocycles. The summed E-state index contributed by atoms with van der Waals surface area (Å²) in [5.74, 6) is 0.578. The Morgan fingerprint density at radius 1 is 1.24 bits per heavy atom. The molecule has 0 aliphatic carbocycles. The summed E-state index contributed by atoms with van der Waals surface area (Å²) in [4.78, 5) is 16.4. The van der Waals surface area contributed by atoms with E-state index in [9.17, 15) is 9.90 Å². The Bertz CT molecular complexity index is 861. The Morgan fingerprint density at radius 3 is 2.76 bits per heavy atom. The number of oxazole rings is 1. The lowest BCUT2D eigenvalue weighted by Gasteiger charge is -2.20. The molecule has 0 spiro atoms. The van der Waals surface area contributed by atoms with E-state index < -0.39 is 12.1 Å². The SMILES string of the molecule is Cc1nc2cc(NC(=O)NC(C)C(O)Cc3ccccc3)ccc2o1. The number of nitrogens with zero attached hydrogens (tertiary/aromatic N) is 1. The zero-order chi connectivity index (χ0) is 17.8. The Morgan fingerprint density at radius 2 is 2.00 bits per heavy atom. The van der Waals surface area contributed by atoms with E-state index in [1.54, 1.807) is 32.0 Å². The number of aryl methyl sites for hydroxylation is 1. The molecule has 0 aliphatic rings. The quantitative estimate of drug-likeness (QED) is 0.666. The molecule has 3 N–H and O–H groups in total. The third-order valence-electron chi connectivity index (χ3n) is 3.98. The second-order valence-electron chi connectivity index (χ2n) is 6.06. The van der Waals surface area contributed by atoms with E-state index in [1.807, 2.05) is 30.3 Å². The van der Waals surface area contributed by atoms with Crippen LogP contribution >= 0.6 is 0 Å². The van der Waals surface area contributed by atoms with Gasteiger partial charge in [0.1, 0.15) is 5.52 Å². The van der Waals surface area contributed by atoms with Crippen molar-refractivity contribution in [3.05, 3.63) is 60.0 Å². The first-order valence-corrected chi connectivity index (χ1v) is 8.18. The topological polar surface area (TPSA) is 87.4 Å². The molecule has 0 fully saturated rings. The second-order valence-corrected chi connectivity index (χ2v) is 6.06. The van der Waals surface area contributed by atoms with Crippen molar-refractivity contribution in [2.45, 2.75) is 32.4 Å². The highest BCUT2D eigenvalue weighted by molar-refractivity contribution is 5.91. The highest BCUT2D eigenvalue weighted by atomic mass is 16.3. The van der Waals surface area contributed by atoms with Crippen LogP contribution in [0.5, 0.6) is 0 Å². The number of fused-ring (bicyclic) bond motifs is 1. The Kier molecular flexibility index (Phi) is 5.00. The van der Waals surface area contributed by atoms with Gasteiger partial charge in [-0.2, -0.15) is 0 Å². The fourth-order valence-electron chi connectivity index (χ4n) is 2.62. The second kappa shape index (κ2) is 7.36. The van der Waals surface area contributed by atoms with Crippen LogP contribution in [0.25, 0.3) is 11.1 Å². The minimum atomic E-state index is -0.672. The molecule has 6 nitrogen and oxygen atoms in total. The number of nitrogens with one attached hydrogen (secondary N) is 2. The molecule has 1 heterocycles. The number of carbonyl (C=O) groups excluding carboxylic acids is 1. The van der Waals surface area contributed by atoms with E-state index in [1.165, 1.54) is 0 Å². The zero-order valence-corrected chi connectivity index (χ0v) is 14.2. The Hall–Kier alpha value is -2.86. The van der Waals surface area contributed by atoms with Crippen LogP contribution < -0.4 is 10.6 Å². The zero-order valence-electron chi connectivity index (χ0n) is 14.2. The highest BCUT2D eigenvalue weighted by Crippen LogP contribution is 2.19. The number of benzene rings is 2. The first kappa shape index (κ1) is 17.0. The molecule has 2 aromatic carbocycles. The van der Waals surface area contributed by atoms with E-state index in [4.69, 9.17) is 4.42 Å². The van der Waals surface area contributed by atoms with Gasteiger partial charge < -0.3 is 20.2 Å². The van der Waals surface area contributed by atoms with Crippen LogP contribution in [0.1, 0.15) is 18.4 Å². The van der Waals surface area contributed by atoms with E-state index in [0.29, 0.717) is 29.1 Å². The summed E-state index contributed by atoms with van der Waals surface area (Å²) < 4.78 is 5.41. The number of amides is 2. The van der Waals surface area contributed by atoms with Crippen LogP contribution in [0.2, 0.25) is 0 Å². The van der Waals surface area contributed by atoms with Gasteiger partial charge in [-0.05, 0) is 30.7 Å². The van der Waals surface area contributed by atoms with Crippen LogP contribution in [-0.2, 0) is 6.42 Å². The van der Waals surface area contributed by atoms with Gasteiger partial charge in [-0.15, -0.1) is 0 Å². The number of aliphatic hydroxyl groups excluding tert-OH is 1.